The number of imide groups is 1. The van der Waals surface area contributed by atoms with Crippen molar-refractivity contribution in [1.82, 2.24) is 4.90 Å². The van der Waals surface area contributed by atoms with Crippen molar-refractivity contribution < 1.29 is 18.7 Å². The van der Waals surface area contributed by atoms with Crippen LogP contribution in [0.3, 0.4) is 0 Å². The molecule has 0 spiro atoms. The average Bonchev–Trinajstić information content (AvgIpc) is 2.96. The molecule has 0 atom stereocenters. The first-order chi connectivity index (χ1) is 13.6. The zero-order chi connectivity index (χ0) is 19.9. The Morgan fingerprint density at radius 1 is 1.07 bits per heavy atom. The maximum Gasteiger partial charge on any atom is 0.293 e. The number of hydrogen-bond donors (Lipinski definition) is 0. The Morgan fingerprint density at radius 2 is 1.82 bits per heavy atom. The van der Waals surface area contributed by atoms with Crippen LogP contribution in [-0.4, -0.2) is 22.6 Å². The number of benzene rings is 2. The minimum absolute atomic E-state index is 0.142. The predicted octanol–water partition coefficient (Wildman–Crippen LogP) is 5.63. The van der Waals surface area contributed by atoms with Crippen LogP contribution in [0.4, 0.5) is 9.18 Å². The second-order valence-corrected chi connectivity index (χ2v) is 7.48. The van der Waals surface area contributed by atoms with Crippen LogP contribution in [0.2, 0.25) is 0 Å². The van der Waals surface area contributed by atoms with Crippen molar-refractivity contribution in [2.75, 3.05) is 6.54 Å². The number of halogens is 1. The Balaban J connectivity index is 1.61. The fourth-order valence-electron chi connectivity index (χ4n) is 2.80. The van der Waals surface area contributed by atoms with E-state index >= 15 is 0 Å². The molecule has 2 aromatic rings. The Morgan fingerprint density at radius 3 is 2.54 bits per heavy atom. The molecule has 0 aromatic heterocycles. The van der Waals surface area contributed by atoms with Gasteiger partial charge in [-0.15, -0.1) is 0 Å². The molecule has 0 N–H and O–H groups in total. The molecule has 0 unspecified atom stereocenters. The number of carbonyl (C=O) groups is 2. The molecule has 1 aliphatic heterocycles. The lowest BCUT2D eigenvalue weighted by molar-refractivity contribution is -0.122. The van der Waals surface area contributed by atoms with Gasteiger partial charge in [-0.3, -0.25) is 14.5 Å². The van der Waals surface area contributed by atoms with Crippen molar-refractivity contribution in [2.24, 2.45) is 0 Å². The number of carbonyl (C=O) groups excluding carboxylic acids is 2. The average molecular weight is 399 g/mol. The van der Waals surface area contributed by atoms with E-state index in [0.29, 0.717) is 22.8 Å². The molecule has 0 radical (unpaired) electrons. The lowest BCUT2D eigenvalue weighted by Gasteiger charge is -2.11. The summed E-state index contributed by atoms with van der Waals surface area (Å²) in [4.78, 5) is 26.2. The lowest BCUT2D eigenvalue weighted by atomic mass is 10.2. The van der Waals surface area contributed by atoms with Gasteiger partial charge in [0.1, 0.15) is 18.2 Å². The number of rotatable bonds is 8. The van der Waals surface area contributed by atoms with Gasteiger partial charge >= 0.3 is 0 Å². The molecule has 1 saturated heterocycles. The molecule has 3 rings (SSSR count). The third-order valence-corrected chi connectivity index (χ3v) is 5.30. The molecule has 0 saturated carbocycles. The molecule has 146 valence electrons. The van der Waals surface area contributed by atoms with Crippen LogP contribution < -0.4 is 4.74 Å². The van der Waals surface area contributed by atoms with Gasteiger partial charge < -0.3 is 4.74 Å². The predicted molar refractivity (Wildman–Crippen MR) is 109 cm³/mol. The highest BCUT2D eigenvalue weighted by molar-refractivity contribution is 8.18. The van der Waals surface area contributed by atoms with Crippen molar-refractivity contribution in [3.8, 4) is 5.75 Å². The third-order valence-electron chi connectivity index (χ3n) is 4.39. The molecule has 4 nitrogen and oxygen atoms in total. The minimum Gasteiger partial charge on any atom is -0.489 e. The van der Waals surface area contributed by atoms with Crippen LogP contribution in [0.5, 0.6) is 5.75 Å². The molecule has 2 amide bonds. The van der Waals surface area contributed by atoms with E-state index in [-0.39, 0.29) is 23.6 Å². The monoisotopic (exact) mass is 399 g/mol. The molecule has 1 fully saturated rings. The first kappa shape index (κ1) is 20.1. The summed E-state index contributed by atoms with van der Waals surface area (Å²) >= 11 is 0.974. The van der Waals surface area contributed by atoms with E-state index in [2.05, 4.69) is 6.92 Å². The topological polar surface area (TPSA) is 46.6 Å². The van der Waals surface area contributed by atoms with Gasteiger partial charge in [-0.1, -0.05) is 50.1 Å². The largest absolute Gasteiger partial charge is 0.489 e. The Kier molecular flexibility index (Phi) is 6.87. The number of hydrogen-bond acceptors (Lipinski definition) is 4. The molecule has 28 heavy (non-hydrogen) atoms. The summed E-state index contributed by atoms with van der Waals surface area (Å²) in [5.41, 5.74) is 1.29. The van der Waals surface area contributed by atoms with Crippen LogP contribution >= 0.6 is 11.8 Å². The second kappa shape index (κ2) is 9.55. The standard InChI is InChI=1S/C22H22FNO3S/c1-2-3-6-13-24-21(25)20(28-22(24)26)14-16-9-11-18(12-10-16)27-15-17-7-4-5-8-19(17)23/h4-5,7-12,14H,2-3,6,13,15H2,1H3/b20-14-. The Labute approximate surface area is 168 Å². The summed E-state index contributed by atoms with van der Waals surface area (Å²) in [5.74, 6) is 0.0767. The lowest BCUT2D eigenvalue weighted by Crippen LogP contribution is -2.29. The summed E-state index contributed by atoms with van der Waals surface area (Å²) in [5, 5.41) is -0.211. The molecule has 0 aliphatic carbocycles. The van der Waals surface area contributed by atoms with Crippen molar-refractivity contribution >= 4 is 29.0 Å². The highest BCUT2D eigenvalue weighted by atomic mass is 32.2. The summed E-state index contributed by atoms with van der Waals surface area (Å²) in [6.07, 6.45) is 4.58. The molecule has 0 bridgehead atoms. The Hall–Kier alpha value is -2.60. The van der Waals surface area contributed by atoms with Gasteiger partial charge in [0, 0.05) is 12.1 Å². The summed E-state index contributed by atoms with van der Waals surface area (Å²) < 4.78 is 19.2. The van der Waals surface area contributed by atoms with Gasteiger partial charge in [0.25, 0.3) is 11.1 Å². The fraction of sp³-hybridized carbons (Fsp3) is 0.273. The van der Waals surface area contributed by atoms with Crippen LogP contribution in [0.1, 0.15) is 37.3 Å². The number of ether oxygens (including phenoxy) is 1. The minimum atomic E-state index is -0.297. The van der Waals surface area contributed by atoms with Gasteiger partial charge in [0.15, 0.2) is 0 Å². The first-order valence-electron chi connectivity index (χ1n) is 9.30. The molecule has 1 heterocycles. The first-order valence-corrected chi connectivity index (χ1v) is 10.1. The van der Waals surface area contributed by atoms with Crippen molar-refractivity contribution in [1.29, 1.82) is 0 Å². The summed E-state index contributed by atoms with van der Waals surface area (Å²) in [6.45, 7) is 2.69. The molecular weight excluding hydrogens is 377 g/mol. The normalized spacial score (nSPS) is 15.5. The Bertz CT molecular complexity index is 880. The third kappa shape index (κ3) is 5.01. The fourth-order valence-corrected chi connectivity index (χ4v) is 3.67. The van der Waals surface area contributed by atoms with E-state index in [1.807, 2.05) is 12.1 Å². The van der Waals surface area contributed by atoms with E-state index in [9.17, 15) is 14.0 Å². The zero-order valence-corrected chi connectivity index (χ0v) is 16.5. The summed E-state index contributed by atoms with van der Waals surface area (Å²) in [6, 6.07) is 13.6. The number of thioether (sulfide) groups is 1. The molecule has 2 aromatic carbocycles. The van der Waals surface area contributed by atoms with Crippen LogP contribution in [0.25, 0.3) is 6.08 Å². The maximum atomic E-state index is 13.6. The highest BCUT2D eigenvalue weighted by Crippen LogP contribution is 2.32. The molecular formula is C22H22FNO3S. The van der Waals surface area contributed by atoms with Gasteiger partial charge in [0.2, 0.25) is 0 Å². The van der Waals surface area contributed by atoms with Crippen LogP contribution in [0, 0.1) is 5.82 Å². The number of unbranched alkanes of at least 4 members (excludes halogenated alkanes) is 2. The van der Waals surface area contributed by atoms with Crippen molar-refractivity contribution in [3.63, 3.8) is 0 Å². The van der Waals surface area contributed by atoms with Crippen molar-refractivity contribution in [2.45, 2.75) is 32.8 Å². The van der Waals surface area contributed by atoms with Crippen LogP contribution in [0.15, 0.2) is 53.4 Å². The zero-order valence-electron chi connectivity index (χ0n) is 15.7. The van der Waals surface area contributed by atoms with E-state index < -0.39 is 0 Å². The van der Waals surface area contributed by atoms with E-state index in [1.165, 1.54) is 11.0 Å². The van der Waals surface area contributed by atoms with Gasteiger partial charge in [-0.25, -0.2) is 4.39 Å². The highest BCUT2D eigenvalue weighted by Gasteiger charge is 2.34. The molecule has 1 aliphatic rings. The van der Waals surface area contributed by atoms with Crippen LogP contribution in [-0.2, 0) is 11.4 Å². The molecule has 6 heteroatoms. The second-order valence-electron chi connectivity index (χ2n) is 6.49. The van der Waals surface area contributed by atoms with E-state index in [0.717, 1.165) is 36.6 Å². The van der Waals surface area contributed by atoms with E-state index in [4.69, 9.17) is 4.74 Å². The van der Waals surface area contributed by atoms with E-state index in [1.54, 1.807) is 36.4 Å². The van der Waals surface area contributed by atoms with Gasteiger partial charge in [0.05, 0.1) is 4.91 Å². The number of amides is 2. The van der Waals surface area contributed by atoms with Gasteiger partial charge in [-0.2, -0.15) is 0 Å². The quantitative estimate of drug-likeness (QED) is 0.426. The number of nitrogens with zero attached hydrogens (tertiary/aromatic N) is 1. The smallest absolute Gasteiger partial charge is 0.293 e. The SMILES string of the molecule is CCCCCN1C(=O)S/C(=C\c2ccc(OCc3ccccc3F)cc2)C1=O. The van der Waals surface area contributed by atoms with Crippen molar-refractivity contribution in [3.05, 3.63) is 70.4 Å². The van der Waals surface area contributed by atoms with Gasteiger partial charge in [-0.05, 0) is 48.0 Å². The summed E-state index contributed by atoms with van der Waals surface area (Å²) in [7, 11) is 0. The maximum absolute atomic E-state index is 13.6.